The van der Waals surface area contributed by atoms with Crippen molar-refractivity contribution in [1.29, 1.82) is 0 Å². The predicted octanol–water partition coefficient (Wildman–Crippen LogP) is 0.617. The molecule has 0 rings (SSSR count). The van der Waals surface area contributed by atoms with Crippen LogP contribution in [0.5, 0.6) is 0 Å². The second-order valence-electron chi connectivity index (χ2n) is 5.16. The first-order valence-corrected chi connectivity index (χ1v) is 11.0. The van der Waals surface area contributed by atoms with Crippen LogP contribution >= 0.6 is 0 Å². The summed E-state index contributed by atoms with van der Waals surface area (Å²) in [6.45, 7) is -0.0515. The number of ketones is 1. The molecule has 0 aromatic carbocycles. The predicted molar refractivity (Wildman–Crippen MR) is 72.5 cm³/mol. The van der Waals surface area contributed by atoms with E-state index < -0.39 is 62.1 Å². The average molecular weight is 442 g/mol. The first-order valence-electron chi connectivity index (χ1n) is 5.72. The van der Waals surface area contributed by atoms with Crippen molar-refractivity contribution in [1.82, 2.24) is 0 Å². The van der Waals surface area contributed by atoms with E-state index in [-0.39, 0.29) is 20.1 Å². The van der Waals surface area contributed by atoms with Crippen molar-refractivity contribution in [2.24, 2.45) is 0 Å². The number of Topliss-reactive ketones (excluding diaryl/α,β-unsaturated/α-hetero) is 1. The monoisotopic (exact) mass is 442 g/mol. The Morgan fingerprint density at radius 2 is 1.04 bits per heavy atom. The molecule has 1 atom stereocenters. The topological polar surface area (TPSA) is 119 Å². The quantitative estimate of drug-likeness (QED) is 0.530. The van der Waals surface area contributed by atoms with Crippen LogP contribution in [0.3, 0.4) is 0 Å². The zero-order chi connectivity index (χ0) is 21.1. The van der Waals surface area contributed by atoms with E-state index in [0.717, 1.165) is 0 Å². The molecule has 0 heterocycles. The lowest BCUT2D eigenvalue weighted by atomic mass is 10.3. The number of carbonyl (C=O) groups is 1. The molecule has 0 N–H and O–H groups in total. The van der Waals surface area contributed by atoms with Crippen LogP contribution in [-0.4, -0.2) is 64.1 Å². The summed E-state index contributed by atoms with van der Waals surface area (Å²) in [5.41, 5.74) is 0. The summed E-state index contributed by atoms with van der Waals surface area (Å²) in [7, 11) is -18.9. The molecule has 0 aromatic heterocycles. The fourth-order valence-corrected chi connectivity index (χ4v) is 5.89. The van der Waals surface area contributed by atoms with Gasteiger partial charge in [-0.05, 0) is 13.8 Å². The fourth-order valence-electron chi connectivity index (χ4n) is 1.47. The summed E-state index contributed by atoms with van der Waals surface area (Å²) in [4.78, 5) is 11.3. The van der Waals surface area contributed by atoms with Crippen molar-refractivity contribution in [3.8, 4) is 0 Å². The first-order chi connectivity index (χ1) is 10.4. The molecule has 0 aliphatic rings. The highest BCUT2D eigenvalue weighted by atomic mass is 32.3. The summed E-state index contributed by atoms with van der Waals surface area (Å²) in [6.07, 6.45) is -0.640. The van der Waals surface area contributed by atoms with Crippen molar-refractivity contribution < 1.29 is 56.4 Å². The average Bonchev–Trinajstić information content (AvgIpc) is 2.33. The Bertz CT molecular complexity index is 888. The summed E-state index contributed by atoms with van der Waals surface area (Å²) in [5, 5.41) is -13.5. The molecule has 16 heteroatoms. The molecule has 150 valence electrons. The number of hydrogen-bond acceptors (Lipinski definition) is 7. The molecular weight excluding hydrogens is 430 g/mol. The Balaban J connectivity index is 7.08. The van der Waals surface area contributed by atoms with Gasteiger partial charge in [-0.2, -0.15) is 26.3 Å². The lowest BCUT2D eigenvalue weighted by Gasteiger charge is -2.35. The zero-order valence-corrected chi connectivity index (χ0v) is 15.3. The van der Waals surface area contributed by atoms with E-state index in [1.165, 1.54) is 0 Å². The third-order valence-corrected chi connectivity index (χ3v) is 10.1. The Kier molecular flexibility index (Phi) is 5.59. The Labute approximate surface area is 139 Å². The number of sulfone groups is 3. The Morgan fingerprint density at radius 1 is 0.720 bits per heavy atom. The first kappa shape index (κ1) is 24.1. The van der Waals surface area contributed by atoms with Gasteiger partial charge in [0.05, 0.1) is 0 Å². The largest absolute Gasteiger partial charge is 0.416 e. The van der Waals surface area contributed by atoms with Gasteiger partial charge in [-0.15, -0.1) is 0 Å². The highest BCUT2D eigenvalue weighted by molar-refractivity contribution is 8.11. The number of alkyl halides is 6. The van der Waals surface area contributed by atoms with Gasteiger partial charge < -0.3 is 0 Å². The van der Waals surface area contributed by atoms with Crippen molar-refractivity contribution in [3.63, 3.8) is 0 Å². The smallest absolute Gasteiger partial charge is 0.297 e. The van der Waals surface area contributed by atoms with Gasteiger partial charge in [0, 0.05) is 12.5 Å². The van der Waals surface area contributed by atoms with E-state index in [9.17, 15) is 56.4 Å². The molecule has 0 aromatic rings. The van der Waals surface area contributed by atoms with Crippen molar-refractivity contribution in [2.75, 3.05) is 12.5 Å². The molecule has 1 unspecified atom stereocenters. The Morgan fingerprint density at radius 3 is 1.24 bits per heavy atom. The molecule has 0 saturated heterocycles. The van der Waals surface area contributed by atoms with Crippen molar-refractivity contribution in [3.05, 3.63) is 0 Å². The second-order valence-corrected chi connectivity index (χ2v) is 12.2. The lowest BCUT2D eigenvalue weighted by Crippen LogP contribution is -2.66. The van der Waals surface area contributed by atoms with Crippen molar-refractivity contribution in [2.45, 2.75) is 34.4 Å². The van der Waals surface area contributed by atoms with Gasteiger partial charge >= 0.3 is 16.4 Å². The number of rotatable bonds is 7. The van der Waals surface area contributed by atoms with Crippen LogP contribution in [0.25, 0.3) is 0 Å². The van der Waals surface area contributed by atoms with Gasteiger partial charge in [0.1, 0.15) is 0 Å². The molecule has 0 fully saturated rings. The normalized spacial score (nSPS) is 17.8. The minimum absolute atomic E-state index is 0.0745. The van der Waals surface area contributed by atoms with E-state index in [4.69, 9.17) is 0 Å². The van der Waals surface area contributed by atoms with Gasteiger partial charge in [0.15, 0.2) is 15.6 Å². The van der Waals surface area contributed by atoms with E-state index in [2.05, 4.69) is 0 Å². The number of hydrogen-bond donors (Lipinski definition) is 0. The maximum absolute atomic E-state index is 13.9. The highest BCUT2D eigenvalue weighted by Gasteiger charge is 2.84. The summed E-state index contributed by atoms with van der Waals surface area (Å²) >= 11 is 0. The summed E-state index contributed by atoms with van der Waals surface area (Å²) in [6, 6.07) is 0. The molecule has 0 saturated carbocycles. The van der Waals surface area contributed by atoms with Crippen LogP contribution in [0.2, 0.25) is 0 Å². The fraction of sp³-hybridized carbons (Fsp3) is 0.889. The van der Waals surface area contributed by atoms with Crippen molar-refractivity contribution >= 4 is 35.3 Å². The lowest BCUT2D eigenvalue weighted by molar-refractivity contribution is -0.243. The van der Waals surface area contributed by atoms with E-state index >= 15 is 0 Å². The maximum Gasteiger partial charge on any atom is 0.416 e. The van der Waals surface area contributed by atoms with Crippen LogP contribution < -0.4 is 0 Å². The third kappa shape index (κ3) is 2.94. The second kappa shape index (κ2) is 5.80. The molecule has 0 aliphatic heterocycles. The van der Waals surface area contributed by atoms with Gasteiger partial charge in [-0.25, -0.2) is 25.3 Å². The number of halogens is 6. The highest BCUT2D eigenvalue weighted by Crippen LogP contribution is 2.53. The van der Waals surface area contributed by atoms with Crippen LogP contribution in [-0.2, 0) is 34.3 Å². The van der Waals surface area contributed by atoms with Gasteiger partial charge in [-0.3, -0.25) is 4.79 Å². The van der Waals surface area contributed by atoms with Crippen LogP contribution in [0.15, 0.2) is 0 Å². The summed E-state index contributed by atoms with van der Waals surface area (Å²) < 4.78 is 145. The molecule has 7 nitrogen and oxygen atoms in total. The molecule has 0 amide bonds. The number of carbonyl (C=O) groups excluding carboxylic acids is 1. The van der Waals surface area contributed by atoms with Crippen LogP contribution in [0.1, 0.15) is 13.8 Å². The van der Waals surface area contributed by atoms with Gasteiger partial charge in [-0.1, -0.05) is 0 Å². The third-order valence-electron chi connectivity index (χ3n) is 3.39. The SMILES string of the molecule is CC(=O)C(C)(S(C)(=O)=O)S(=O)(=O)C(F)(F)C(F)(F)C(F)(F)S(C)(=O)=O. The van der Waals surface area contributed by atoms with E-state index in [0.29, 0.717) is 0 Å². The minimum atomic E-state index is -7.22. The zero-order valence-electron chi connectivity index (χ0n) is 12.9. The van der Waals surface area contributed by atoms with Gasteiger partial charge in [0.2, 0.25) is 23.8 Å². The molecular formula is C9H12F6O7S3. The van der Waals surface area contributed by atoms with Crippen LogP contribution in [0, 0.1) is 0 Å². The Hall–Kier alpha value is -0.900. The molecule has 0 radical (unpaired) electrons. The van der Waals surface area contributed by atoms with Crippen LogP contribution in [0.4, 0.5) is 26.3 Å². The van der Waals surface area contributed by atoms with E-state index in [1.807, 2.05) is 0 Å². The molecule has 0 bridgehead atoms. The minimum Gasteiger partial charge on any atom is -0.297 e. The van der Waals surface area contributed by atoms with Gasteiger partial charge in [0.25, 0.3) is 0 Å². The molecule has 25 heavy (non-hydrogen) atoms. The van der Waals surface area contributed by atoms with E-state index in [1.54, 1.807) is 0 Å². The summed E-state index contributed by atoms with van der Waals surface area (Å²) in [5.74, 6) is -9.18. The standard InChI is InChI=1S/C9H12F6O7S3/c1-5(16)6(2,23(3,17)18)25(21,22)9(14,15)7(10,11)8(12,13)24(4,19)20/h1-4H3. The molecule has 0 spiro atoms. The molecule has 0 aliphatic carbocycles. The maximum atomic E-state index is 13.9.